The van der Waals surface area contributed by atoms with Crippen molar-refractivity contribution in [3.8, 4) is 5.75 Å². The number of rotatable bonds is 2. The molecule has 0 aromatic heterocycles. The number of aliphatic carboxylic acids is 1. The second-order valence-electron chi connectivity index (χ2n) is 4.13. The van der Waals surface area contributed by atoms with Crippen LogP contribution in [0.5, 0.6) is 5.75 Å². The summed E-state index contributed by atoms with van der Waals surface area (Å²) >= 11 is 0. The van der Waals surface area contributed by atoms with E-state index in [9.17, 15) is 22.8 Å². The van der Waals surface area contributed by atoms with E-state index in [1.807, 2.05) is 0 Å². The first-order chi connectivity index (χ1) is 8.82. The van der Waals surface area contributed by atoms with Crippen LogP contribution in [0.25, 0.3) is 0 Å². The van der Waals surface area contributed by atoms with Crippen molar-refractivity contribution in [2.45, 2.75) is 0 Å². The molecule has 1 aliphatic rings. The molecule has 1 aliphatic heterocycles. The quantitative estimate of drug-likeness (QED) is 0.788. The summed E-state index contributed by atoms with van der Waals surface area (Å²) in [6.07, 6.45) is 0. The molecule has 0 atom stereocenters. The Hall–Kier alpha value is -2.25. The molecule has 1 saturated heterocycles. The molecule has 5 nitrogen and oxygen atoms in total. The second kappa shape index (κ2) is 4.45. The molecule has 0 spiro atoms. The van der Waals surface area contributed by atoms with Gasteiger partial charge < -0.3 is 15.1 Å². The summed E-state index contributed by atoms with van der Waals surface area (Å²) in [6, 6.07) is 0.334. The number of phenolic OH excluding ortho intramolecular Hbond substituents is 1. The van der Waals surface area contributed by atoms with Gasteiger partial charge in [-0.2, -0.15) is 4.39 Å². The van der Waals surface area contributed by atoms with Crippen LogP contribution in [-0.4, -0.2) is 40.1 Å². The van der Waals surface area contributed by atoms with Crippen molar-refractivity contribution >= 4 is 11.9 Å². The van der Waals surface area contributed by atoms with Gasteiger partial charge in [0, 0.05) is 13.1 Å². The Morgan fingerprint density at radius 2 is 1.79 bits per heavy atom. The standard InChI is InChI=1S/C11H8F3NO4/c12-6-1-5(7(13)9(16)8(6)14)10(17)15-2-4(3-15)11(18)19/h1,4,16H,2-3H2,(H,18,19). The molecule has 1 heterocycles. The van der Waals surface area contributed by atoms with E-state index in [2.05, 4.69) is 0 Å². The van der Waals surface area contributed by atoms with Gasteiger partial charge in [0.1, 0.15) is 0 Å². The van der Waals surface area contributed by atoms with Crippen molar-refractivity contribution in [2.24, 2.45) is 5.92 Å². The summed E-state index contributed by atoms with van der Waals surface area (Å²) in [7, 11) is 0. The Labute approximate surface area is 104 Å². The number of carboxylic acids is 1. The Bertz CT molecular complexity index is 570. The van der Waals surface area contributed by atoms with Crippen LogP contribution in [0.4, 0.5) is 13.2 Å². The predicted molar refractivity (Wildman–Crippen MR) is 55.0 cm³/mol. The van der Waals surface area contributed by atoms with Crippen molar-refractivity contribution in [3.05, 3.63) is 29.1 Å². The topological polar surface area (TPSA) is 77.8 Å². The maximum atomic E-state index is 13.4. The highest BCUT2D eigenvalue weighted by Crippen LogP contribution is 2.28. The van der Waals surface area contributed by atoms with E-state index in [1.54, 1.807) is 0 Å². The molecule has 102 valence electrons. The van der Waals surface area contributed by atoms with Crippen LogP contribution in [0, 0.1) is 23.4 Å². The van der Waals surface area contributed by atoms with Crippen molar-refractivity contribution in [2.75, 3.05) is 13.1 Å². The monoisotopic (exact) mass is 275 g/mol. The average Bonchev–Trinajstić information content (AvgIpc) is 2.28. The fraction of sp³-hybridized carbons (Fsp3) is 0.273. The summed E-state index contributed by atoms with van der Waals surface area (Å²) in [5.41, 5.74) is -0.833. The molecule has 0 bridgehead atoms. The number of phenols is 1. The molecule has 8 heteroatoms. The number of amides is 1. The average molecular weight is 275 g/mol. The van der Waals surface area contributed by atoms with Crippen LogP contribution in [0.15, 0.2) is 6.07 Å². The van der Waals surface area contributed by atoms with E-state index in [-0.39, 0.29) is 13.1 Å². The van der Waals surface area contributed by atoms with Crippen LogP contribution in [0.1, 0.15) is 10.4 Å². The molecular formula is C11H8F3NO4. The van der Waals surface area contributed by atoms with Gasteiger partial charge in [0.15, 0.2) is 17.4 Å². The minimum absolute atomic E-state index is 0.145. The lowest BCUT2D eigenvalue weighted by Crippen LogP contribution is -2.53. The highest BCUT2D eigenvalue weighted by Gasteiger charge is 2.37. The van der Waals surface area contributed by atoms with Gasteiger partial charge in [-0.1, -0.05) is 0 Å². The van der Waals surface area contributed by atoms with Gasteiger partial charge in [0.2, 0.25) is 5.82 Å². The van der Waals surface area contributed by atoms with E-state index in [1.165, 1.54) is 0 Å². The number of nitrogens with zero attached hydrogens (tertiary/aromatic N) is 1. The zero-order valence-corrected chi connectivity index (χ0v) is 9.36. The molecule has 1 fully saturated rings. The number of carbonyl (C=O) groups is 2. The summed E-state index contributed by atoms with van der Waals surface area (Å²) in [5.74, 6) is -9.33. The van der Waals surface area contributed by atoms with E-state index in [4.69, 9.17) is 10.2 Å². The van der Waals surface area contributed by atoms with Crippen molar-refractivity contribution < 1.29 is 33.0 Å². The van der Waals surface area contributed by atoms with Crippen LogP contribution >= 0.6 is 0 Å². The summed E-state index contributed by atoms with van der Waals surface area (Å²) in [6.45, 7) is -0.291. The Kier molecular flexibility index (Phi) is 3.09. The van der Waals surface area contributed by atoms with Gasteiger partial charge in [-0.05, 0) is 6.07 Å². The van der Waals surface area contributed by atoms with E-state index < -0.39 is 46.6 Å². The number of carbonyl (C=O) groups excluding carboxylic acids is 1. The molecule has 1 aromatic rings. The molecule has 0 saturated carbocycles. The first-order valence-electron chi connectivity index (χ1n) is 5.21. The third-order valence-electron chi connectivity index (χ3n) is 2.88. The van der Waals surface area contributed by atoms with Gasteiger partial charge in [-0.3, -0.25) is 9.59 Å². The van der Waals surface area contributed by atoms with E-state index in [0.29, 0.717) is 6.07 Å². The molecule has 0 radical (unpaired) electrons. The van der Waals surface area contributed by atoms with Gasteiger partial charge in [0.05, 0.1) is 11.5 Å². The molecule has 2 N–H and O–H groups in total. The molecular weight excluding hydrogens is 267 g/mol. The predicted octanol–water partition coefficient (Wildman–Crippen LogP) is 0.966. The lowest BCUT2D eigenvalue weighted by Gasteiger charge is -2.36. The Balaban J connectivity index is 2.24. The number of aromatic hydroxyl groups is 1. The highest BCUT2D eigenvalue weighted by molar-refractivity contribution is 5.96. The van der Waals surface area contributed by atoms with E-state index in [0.717, 1.165) is 4.90 Å². The van der Waals surface area contributed by atoms with Crippen LogP contribution < -0.4 is 0 Å². The lowest BCUT2D eigenvalue weighted by atomic mass is 9.99. The zero-order chi connectivity index (χ0) is 14.3. The first-order valence-corrected chi connectivity index (χ1v) is 5.21. The van der Waals surface area contributed by atoms with Gasteiger partial charge in [0.25, 0.3) is 5.91 Å². The Morgan fingerprint density at radius 1 is 1.21 bits per heavy atom. The summed E-state index contributed by atoms with van der Waals surface area (Å²) in [4.78, 5) is 23.2. The van der Waals surface area contributed by atoms with Crippen LogP contribution in [0.2, 0.25) is 0 Å². The van der Waals surface area contributed by atoms with Gasteiger partial charge in [-0.15, -0.1) is 0 Å². The SMILES string of the molecule is O=C(O)C1CN(C(=O)c2cc(F)c(F)c(O)c2F)C1. The molecule has 0 aliphatic carbocycles. The van der Waals surface area contributed by atoms with Crippen molar-refractivity contribution in [3.63, 3.8) is 0 Å². The number of halogens is 3. The molecule has 1 aromatic carbocycles. The van der Waals surface area contributed by atoms with Crippen LogP contribution in [-0.2, 0) is 4.79 Å². The molecule has 2 rings (SSSR count). The normalized spacial score (nSPS) is 15.2. The van der Waals surface area contributed by atoms with Crippen molar-refractivity contribution in [1.82, 2.24) is 4.90 Å². The summed E-state index contributed by atoms with van der Waals surface area (Å²) in [5, 5.41) is 17.6. The number of hydrogen-bond donors (Lipinski definition) is 2. The Morgan fingerprint density at radius 3 is 2.32 bits per heavy atom. The summed E-state index contributed by atoms with van der Waals surface area (Å²) < 4.78 is 39.3. The smallest absolute Gasteiger partial charge is 0.310 e. The molecule has 1 amide bonds. The third kappa shape index (κ3) is 2.09. The third-order valence-corrected chi connectivity index (χ3v) is 2.88. The highest BCUT2D eigenvalue weighted by atomic mass is 19.2. The van der Waals surface area contributed by atoms with Gasteiger partial charge in [-0.25, -0.2) is 8.78 Å². The zero-order valence-electron chi connectivity index (χ0n) is 9.36. The lowest BCUT2D eigenvalue weighted by molar-refractivity contribution is -0.146. The minimum atomic E-state index is -1.78. The number of hydrogen-bond acceptors (Lipinski definition) is 3. The molecule has 0 unspecified atom stereocenters. The fourth-order valence-electron chi connectivity index (χ4n) is 1.72. The number of carboxylic acid groups (broad SMARTS) is 1. The van der Waals surface area contributed by atoms with Crippen molar-refractivity contribution in [1.29, 1.82) is 0 Å². The maximum absolute atomic E-state index is 13.4. The maximum Gasteiger partial charge on any atom is 0.310 e. The fourth-order valence-corrected chi connectivity index (χ4v) is 1.72. The largest absolute Gasteiger partial charge is 0.503 e. The minimum Gasteiger partial charge on any atom is -0.503 e. The van der Waals surface area contributed by atoms with Gasteiger partial charge >= 0.3 is 5.97 Å². The molecule has 19 heavy (non-hydrogen) atoms. The van der Waals surface area contributed by atoms with Crippen LogP contribution in [0.3, 0.4) is 0 Å². The number of likely N-dealkylation sites (tertiary alicyclic amines) is 1. The first kappa shape index (κ1) is 13.2. The second-order valence-corrected chi connectivity index (χ2v) is 4.13. The van der Waals surface area contributed by atoms with E-state index >= 15 is 0 Å². The number of benzene rings is 1.